The highest BCUT2D eigenvalue weighted by atomic mass is 32.2. The van der Waals surface area contributed by atoms with Crippen LogP contribution in [0.2, 0.25) is 0 Å². The molecule has 0 atom stereocenters. The lowest BCUT2D eigenvalue weighted by molar-refractivity contribution is 0.0526. The molecule has 150 valence electrons. The van der Waals surface area contributed by atoms with Crippen molar-refractivity contribution in [2.24, 2.45) is 5.92 Å². The molecule has 0 aliphatic heterocycles. The van der Waals surface area contributed by atoms with Gasteiger partial charge < -0.3 is 15.2 Å². The Morgan fingerprint density at radius 3 is 2.57 bits per heavy atom. The number of carbonyl (C=O) groups is 1. The molecular formula is C20H22FNO5S. The molecule has 6 nitrogen and oxygen atoms in total. The van der Waals surface area contributed by atoms with Crippen molar-refractivity contribution in [3.8, 4) is 5.75 Å². The van der Waals surface area contributed by atoms with E-state index in [-0.39, 0.29) is 33.7 Å². The fraction of sp³-hybridized carbons (Fsp3) is 0.350. The standard InChI is InChI=1S/C20H22FNO5S/c1-12-7-14(3-5-18(12)21)22-20(24)17-10-16(4-6-19(17)27-2)28(25,26)11-13-8-15(23)9-13/h3-7,10,13,15,23H,8-9,11H2,1-2H3,(H,22,24). The van der Waals surface area contributed by atoms with Crippen molar-refractivity contribution in [3.63, 3.8) is 0 Å². The number of carbonyl (C=O) groups excluding carboxylic acids is 1. The van der Waals surface area contributed by atoms with Gasteiger partial charge in [-0.25, -0.2) is 12.8 Å². The molecular weight excluding hydrogens is 385 g/mol. The zero-order valence-electron chi connectivity index (χ0n) is 15.6. The van der Waals surface area contributed by atoms with E-state index in [2.05, 4.69) is 5.32 Å². The van der Waals surface area contributed by atoms with Gasteiger partial charge in [-0.05, 0) is 67.6 Å². The number of aryl methyl sites for hydroxylation is 1. The molecule has 2 N–H and O–H groups in total. The maximum absolute atomic E-state index is 13.4. The topological polar surface area (TPSA) is 92.7 Å². The summed E-state index contributed by atoms with van der Waals surface area (Å²) >= 11 is 0. The van der Waals surface area contributed by atoms with Crippen LogP contribution in [0.1, 0.15) is 28.8 Å². The molecule has 1 saturated carbocycles. The minimum atomic E-state index is -3.61. The summed E-state index contributed by atoms with van der Waals surface area (Å²) in [7, 11) is -2.22. The third-order valence-corrected chi connectivity index (χ3v) is 6.74. The van der Waals surface area contributed by atoms with Crippen molar-refractivity contribution in [1.82, 2.24) is 0 Å². The van der Waals surface area contributed by atoms with E-state index in [0.717, 1.165) is 0 Å². The minimum absolute atomic E-state index is 0.0233. The third-order valence-electron chi connectivity index (χ3n) is 4.86. The average molecular weight is 407 g/mol. The van der Waals surface area contributed by atoms with E-state index in [1.54, 1.807) is 6.92 Å². The van der Waals surface area contributed by atoms with Crippen LogP contribution in [0.25, 0.3) is 0 Å². The summed E-state index contributed by atoms with van der Waals surface area (Å²) in [5.74, 6) is -0.867. The Labute approximate surface area is 163 Å². The zero-order valence-corrected chi connectivity index (χ0v) is 16.4. The number of benzene rings is 2. The van der Waals surface area contributed by atoms with Gasteiger partial charge in [-0.3, -0.25) is 4.79 Å². The lowest BCUT2D eigenvalue weighted by atomic mass is 9.84. The molecule has 2 aromatic carbocycles. The quantitative estimate of drug-likeness (QED) is 0.768. The molecule has 28 heavy (non-hydrogen) atoms. The number of anilines is 1. The first-order chi connectivity index (χ1) is 13.2. The Bertz CT molecular complexity index is 1000. The molecule has 0 spiro atoms. The second-order valence-corrected chi connectivity index (χ2v) is 9.09. The van der Waals surface area contributed by atoms with Crippen molar-refractivity contribution in [2.45, 2.75) is 30.8 Å². The van der Waals surface area contributed by atoms with Gasteiger partial charge >= 0.3 is 0 Å². The number of aliphatic hydroxyl groups excluding tert-OH is 1. The maximum atomic E-state index is 13.4. The van der Waals surface area contributed by atoms with Crippen LogP contribution in [-0.2, 0) is 9.84 Å². The fourth-order valence-electron chi connectivity index (χ4n) is 3.22. The number of nitrogens with one attached hydrogen (secondary N) is 1. The number of sulfone groups is 1. The van der Waals surface area contributed by atoms with Crippen LogP contribution in [0.3, 0.4) is 0 Å². The molecule has 1 fully saturated rings. The lowest BCUT2D eigenvalue weighted by Gasteiger charge is -2.30. The predicted octanol–water partition coefficient (Wildman–Crippen LogP) is 2.94. The average Bonchev–Trinajstić information content (AvgIpc) is 2.62. The number of aliphatic hydroxyl groups is 1. The largest absolute Gasteiger partial charge is 0.496 e. The monoisotopic (exact) mass is 407 g/mol. The van der Waals surface area contributed by atoms with Crippen LogP contribution >= 0.6 is 0 Å². The summed E-state index contributed by atoms with van der Waals surface area (Å²) in [6, 6.07) is 8.29. The summed E-state index contributed by atoms with van der Waals surface area (Å²) in [4.78, 5) is 12.7. The molecule has 3 rings (SSSR count). The van der Waals surface area contributed by atoms with Crippen molar-refractivity contribution in [3.05, 3.63) is 53.3 Å². The molecule has 1 aliphatic carbocycles. The van der Waals surface area contributed by atoms with Crippen molar-refractivity contribution in [2.75, 3.05) is 18.2 Å². The molecule has 0 radical (unpaired) electrons. The minimum Gasteiger partial charge on any atom is -0.496 e. The van der Waals surface area contributed by atoms with Crippen LogP contribution in [-0.4, -0.2) is 38.4 Å². The molecule has 0 aromatic heterocycles. The van der Waals surface area contributed by atoms with Crippen molar-refractivity contribution >= 4 is 21.4 Å². The molecule has 8 heteroatoms. The van der Waals surface area contributed by atoms with E-state index < -0.39 is 21.8 Å². The first-order valence-corrected chi connectivity index (χ1v) is 10.5. The maximum Gasteiger partial charge on any atom is 0.259 e. The van der Waals surface area contributed by atoms with Gasteiger partial charge in [0.25, 0.3) is 5.91 Å². The predicted molar refractivity (Wildman–Crippen MR) is 103 cm³/mol. The molecule has 1 aliphatic rings. The van der Waals surface area contributed by atoms with E-state index in [0.29, 0.717) is 24.1 Å². The Morgan fingerprint density at radius 1 is 1.25 bits per heavy atom. The molecule has 2 aromatic rings. The van der Waals surface area contributed by atoms with Crippen molar-refractivity contribution in [1.29, 1.82) is 0 Å². The van der Waals surface area contributed by atoms with Crippen molar-refractivity contribution < 1.29 is 27.4 Å². The lowest BCUT2D eigenvalue weighted by Crippen LogP contribution is -2.33. The number of ether oxygens (including phenoxy) is 1. The molecule has 0 unspecified atom stereocenters. The number of amides is 1. The van der Waals surface area contributed by atoms with E-state index in [4.69, 9.17) is 4.74 Å². The fourth-order valence-corrected chi connectivity index (χ4v) is 4.88. The highest BCUT2D eigenvalue weighted by Crippen LogP contribution is 2.31. The van der Waals surface area contributed by atoms with Crippen LogP contribution in [0.5, 0.6) is 5.75 Å². The smallest absolute Gasteiger partial charge is 0.259 e. The highest BCUT2D eigenvalue weighted by molar-refractivity contribution is 7.91. The summed E-state index contributed by atoms with van der Waals surface area (Å²) < 4.78 is 43.9. The summed E-state index contributed by atoms with van der Waals surface area (Å²) in [6.07, 6.45) is 0.496. The van der Waals surface area contributed by atoms with Gasteiger partial charge in [-0.1, -0.05) is 0 Å². The summed E-state index contributed by atoms with van der Waals surface area (Å²) in [5.41, 5.74) is 0.839. The van der Waals surface area contributed by atoms with Gasteiger partial charge in [-0.2, -0.15) is 0 Å². The Hall–Kier alpha value is -2.45. The highest BCUT2D eigenvalue weighted by Gasteiger charge is 2.32. The SMILES string of the molecule is COc1ccc(S(=O)(=O)CC2CC(O)C2)cc1C(=O)Nc1ccc(F)c(C)c1. The third kappa shape index (κ3) is 4.34. The summed E-state index contributed by atoms with van der Waals surface area (Å²) in [5, 5.41) is 12.0. The van der Waals surface area contributed by atoms with E-state index in [1.807, 2.05) is 0 Å². The Kier molecular flexibility index (Phi) is 5.71. The van der Waals surface area contributed by atoms with Gasteiger partial charge in [0, 0.05) is 5.69 Å². The number of halogens is 1. The van der Waals surface area contributed by atoms with Crippen LogP contribution in [0, 0.1) is 18.7 Å². The van der Waals surface area contributed by atoms with E-state index >= 15 is 0 Å². The molecule has 0 saturated heterocycles. The second kappa shape index (κ2) is 7.89. The number of hydrogen-bond acceptors (Lipinski definition) is 5. The first-order valence-electron chi connectivity index (χ1n) is 8.86. The van der Waals surface area contributed by atoms with Crippen LogP contribution in [0.15, 0.2) is 41.3 Å². The van der Waals surface area contributed by atoms with E-state index in [9.17, 15) is 22.7 Å². The molecule has 0 heterocycles. The Morgan fingerprint density at radius 2 is 1.96 bits per heavy atom. The van der Waals surface area contributed by atoms with Crippen LogP contribution in [0.4, 0.5) is 10.1 Å². The molecule has 0 bridgehead atoms. The molecule has 1 amide bonds. The first kappa shape index (κ1) is 20.3. The van der Waals surface area contributed by atoms with Gasteiger partial charge in [0.1, 0.15) is 11.6 Å². The number of hydrogen-bond donors (Lipinski definition) is 2. The number of methoxy groups -OCH3 is 1. The van der Waals surface area contributed by atoms with Gasteiger partial charge in [0.2, 0.25) is 0 Å². The zero-order chi connectivity index (χ0) is 20.5. The van der Waals surface area contributed by atoms with Gasteiger partial charge in [-0.15, -0.1) is 0 Å². The van der Waals surface area contributed by atoms with Gasteiger partial charge in [0.15, 0.2) is 9.84 Å². The number of rotatable bonds is 6. The Balaban J connectivity index is 1.85. The van der Waals surface area contributed by atoms with Crippen LogP contribution < -0.4 is 10.1 Å². The summed E-state index contributed by atoms with van der Waals surface area (Å²) in [6.45, 7) is 1.58. The normalized spacial score (nSPS) is 19.0. The van der Waals surface area contributed by atoms with E-state index in [1.165, 1.54) is 43.5 Å². The van der Waals surface area contributed by atoms with Gasteiger partial charge in [0.05, 0.1) is 29.4 Å². The second-order valence-electron chi connectivity index (χ2n) is 7.05.